The van der Waals surface area contributed by atoms with Crippen molar-refractivity contribution < 1.29 is 0 Å². The number of rotatable bonds is 6. The molecule has 0 saturated carbocycles. The third kappa shape index (κ3) is 4.92. The summed E-state index contributed by atoms with van der Waals surface area (Å²) in [7, 11) is 0. The lowest BCUT2D eigenvalue weighted by Crippen LogP contribution is -2.15. The van der Waals surface area contributed by atoms with Crippen molar-refractivity contribution in [1.29, 1.82) is 0 Å². The van der Waals surface area contributed by atoms with E-state index >= 15 is 0 Å². The van der Waals surface area contributed by atoms with Crippen LogP contribution in [0, 0.1) is 0 Å². The highest BCUT2D eigenvalue weighted by molar-refractivity contribution is 9.10. The van der Waals surface area contributed by atoms with Gasteiger partial charge >= 0.3 is 0 Å². The molecule has 0 saturated heterocycles. The molecule has 0 bridgehead atoms. The fraction of sp³-hybridized carbons (Fsp3) is 0. The quantitative estimate of drug-likeness (QED) is 0.178. The van der Waals surface area contributed by atoms with E-state index < -0.39 is 0 Å². The van der Waals surface area contributed by atoms with Crippen molar-refractivity contribution in [2.24, 2.45) is 0 Å². The standard InChI is InChI=1S/C42H29BrN2/c43-42-40(44(34-19-2-1-3-20-34)35-28-27-30-13-4-5-16-33(30)29-35)25-12-26-41(42)45(38-23-10-17-31-14-6-8-21-36(31)38)39-24-11-18-32-15-7-9-22-37(32)39/h1-29H. The van der Waals surface area contributed by atoms with Gasteiger partial charge in [0.15, 0.2) is 0 Å². The molecule has 0 amide bonds. The lowest BCUT2D eigenvalue weighted by atomic mass is 10.0. The molecule has 0 spiro atoms. The average molecular weight is 642 g/mol. The van der Waals surface area contributed by atoms with E-state index in [-0.39, 0.29) is 0 Å². The largest absolute Gasteiger partial charge is 0.309 e. The summed E-state index contributed by atoms with van der Waals surface area (Å²) in [5, 5.41) is 7.22. The molecule has 0 N–H and O–H groups in total. The summed E-state index contributed by atoms with van der Waals surface area (Å²) in [6.45, 7) is 0. The fourth-order valence-electron chi connectivity index (χ4n) is 6.37. The molecule has 0 atom stereocenters. The maximum Gasteiger partial charge on any atom is 0.0656 e. The fourth-order valence-corrected chi connectivity index (χ4v) is 6.99. The van der Waals surface area contributed by atoms with Crippen LogP contribution in [0.25, 0.3) is 32.3 Å². The Morgan fingerprint density at radius 3 is 1.42 bits per heavy atom. The Balaban J connectivity index is 1.40. The second-order valence-corrected chi connectivity index (χ2v) is 11.9. The van der Waals surface area contributed by atoms with E-state index in [1.807, 2.05) is 0 Å². The van der Waals surface area contributed by atoms with Crippen LogP contribution in [-0.2, 0) is 0 Å². The first-order valence-electron chi connectivity index (χ1n) is 15.1. The molecule has 3 heteroatoms. The number of fused-ring (bicyclic) bond motifs is 3. The Kier molecular flexibility index (Phi) is 7.01. The molecule has 0 fully saturated rings. The Hall–Kier alpha value is -5.38. The monoisotopic (exact) mass is 640 g/mol. The molecule has 0 aromatic heterocycles. The zero-order valence-electron chi connectivity index (χ0n) is 24.5. The van der Waals surface area contributed by atoms with Gasteiger partial charge in [-0.1, -0.05) is 127 Å². The average Bonchev–Trinajstić information content (AvgIpc) is 3.10. The van der Waals surface area contributed by atoms with Gasteiger partial charge in [-0.25, -0.2) is 0 Å². The first-order chi connectivity index (χ1) is 22.3. The summed E-state index contributed by atoms with van der Waals surface area (Å²) >= 11 is 4.17. The number of benzene rings is 8. The lowest BCUT2D eigenvalue weighted by molar-refractivity contribution is 1.25. The summed E-state index contributed by atoms with van der Waals surface area (Å²) in [6, 6.07) is 62.7. The number of halogens is 1. The highest BCUT2D eigenvalue weighted by Gasteiger charge is 2.24. The lowest BCUT2D eigenvalue weighted by Gasteiger charge is -2.32. The van der Waals surface area contributed by atoms with Gasteiger partial charge in [0, 0.05) is 22.1 Å². The van der Waals surface area contributed by atoms with Crippen molar-refractivity contribution in [2.75, 3.05) is 9.80 Å². The third-order valence-corrected chi connectivity index (χ3v) is 9.27. The van der Waals surface area contributed by atoms with Crippen LogP contribution < -0.4 is 9.80 Å². The SMILES string of the molecule is Brc1c(N(c2ccccc2)c2ccc3ccccc3c2)cccc1N(c1cccc2ccccc12)c1cccc2ccccc12. The third-order valence-electron chi connectivity index (χ3n) is 8.46. The van der Waals surface area contributed by atoms with Gasteiger partial charge in [0.2, 0.25) is 0 Å². The van der Waals surface area contributed by atoms with Gasteiger partial charge in [-0.05, 0) is 86.0 Å². The molecule has 0 heterocycles. The summed E-state index contributed by atoms with van der Waals surface area (Å²) in [5.74, 6) is 0. The predicted octanol–water partition coefficient (Wildman–Crippen LogP) is 12.8. The molecule has 2 nitrogen and oxygen atoms in total. The number of nitrogens with zero attached hydrogens (tertiary/aromatic N) is 2. The first kappa shape index (κ1) is 27.2. The van der Waals surface area contributed by atoms with Crippen LogP contribution >= 0.6 is 15.9 Å². The molecule has 45 heavy (non-hydrogen) atoms. The molecule has 8 aromatic rings. The smallest absolute Gasteiger partial charge is 0.0656 e. The van der Waals surface area contributed by atoms with Crippen molar-refractivity contribution in [3.8, 4) is 0 Å². The van der Waals surface area contributed by atoms with Crippen LogP contribution in [0.5, 0.6) is 0 Å². The van der Waals surface area contributed by atoms with Gasteiger partial charge in [0.25, 0.3) is 0 Å². The van der Waals surface area contributed by atoms with Gasteiger partial charge in [0.05, 0.1) is 27.2 Å². The van der Waals surface area contributed by atoms with E-state index in [1.165, 1.54) is 32.3 Å². The summed E-state index contributed by atoms with van der Waals surface area (Å²) < 4.78 is 1.00. The zero-order chi connectivity index (χ0) is 30.2. The molecule has 0 aliphatic rings. The van der Waals surface area contributed by atoms with Crippen molar-refractivity contribution in [2.45, 2.75) is 0 Å². The predicted molar refractivity (Wildman–Crippen MR) is 196 cm³/mol. The van der Waals surface area contributed by atoms with Gasteiger partial charge in [-0.15, -0.1) is 0 Å². The van der Waals surface area contributed by atoms with Crippen molar-refractivity contribution in [3.63, 3.8) is 0 Å². The molecular weight excluding hydrogens is 612 g/mol. The topological polar surface area (TPSA) is 6.48 Å². The highest BCUT2D eigenvalue weighted by Crippen LogP contribution is 2.49. The van der Waals surface area contributed by atoms with Gasteiger partial charge in [0.1, 0.15) is 0 Å². The van der Waals surface area contributed by atoms with E-state index in [2.05, 4.69) is 202 Å². The van der Waals surface area contributed by atoms with Crippen molar-refractivity contribution in [3.05, 3.63) is 180 Å². The van der Waals surface area contributed by atoms with Crippen LogP contribution in [0.1, 0.15) is 0 Å². The Morgan fingerprint density at radius 1 is 0.311 bits per heavy atom. The number of para-hydroxylation sites is 1. The van der Waals surface area contributed by atoms with Crippen LogP contribution in [0.3, 0.4) is 0 Å². The minimum atomic E-state index is 1.00. The van der Waals surface area contributed by atoms with E-state index in [4.69, 9.17) is 0 Å². The van der Waals surface area contributed by atoms with Crippen LogP contribution in [0.2, 0.25) is 0 Å². The maximum atomic E-state index is 4.17. The van der Waals surface area contributed by atoms with E-state index in [0.717, 1.165) is 38.6 Å². The Morgan fingerprint density at radius 2 is 0.778 bits per heavy atom. The summed E-state index contributed by atoms with van der Waals surface area (Å²) in [4.78, 5) is 4.74. The van der Waals surface area contributed by atoms with E-state index in [0.29, 0.717) is 0 Å². The number of hydrogen-bond donors (Lipinski definition) is 0. The van der Waals surface area contributed by atoms with E-state index in [1.54, 1.807) is 0 Å². The van der Waals surface area contributed by atoms with Gasteiger partial charge in [-0.2, -0.15) is 0 Å². The van der Waals surface area contributed by atoms with E-state index in [9.17, 15) is 0 Å². The van der Waals surface area contributed by atoms with Gasteiger partial charge in [-0.3, -0.25) is 0 Å². The maximum absolute atomic E-state index is 4.17. The van der Waals surface area contributed by atoms with Crippen molar-refractivity contribution in [1.82, 2.24) is 0 Å². The molecule has 8 aromatic carbocycles. The summed E-state index contributed by atoms with van der Waals surface area (Å²) in [5.41, 5.74) is 6.55. The molecule has 8 rings (SSSR count). The summed E-state index contributed by atoms with van der Waals surface area (Å²) in [6.07, 6.45) is 0. The second-order valence-electron chi connectivity index (χ2n) is 11.1. The van der Waals surface area contributed by atoms with Crippen LogP contribution in [0.15, 0.2) is 180 Å². The van der Waals surface area contributed by atoms with Crippen LogP contribution in [-0.4, -0.2) is 0 Å². The number of anilines is 6. The molecule has 0 radical (unpaired) electrons. The number of hydrogen-bond acceptors (Lipinski definition) is 2. The Labute approximate surface area is 271 Å². The minimum Gasteiger partial charge on any atom is -0.309 e. The normalized spacial score (nSPS) is 11.2. The molecule has 0 aliphatic carbocycles. The molecular formula is C42H29BrN2. The molecule has 0 aliphatic heterocycles. The van der Waals surface area contributed by atoms with Crippen molar-refractivity contribution >= 4 is 82.4 Å². The molecule has 214 valence electrons. The minimum absolute atomic E-state index is 1.00. The second kappa shape index (κ2) is 11.6. The Bertz CT molecular complexity index is 2220. The molecule has 0 unspecified atom stereocenters. The van der Waals surface area contributed by atoms with Gasteiger partial charge < -0.3 is 9.80 Å². The zero-order valence-corrected chi connectivity index (χ0v) is 26.1. The van der Waals surface area contributed by atoms with Crippen LogP contribution in [0.4, 0.5) is 34.1 Å². The first-order valence-corrected chi connectivity index (χ1v) is 15.9. The highest BCUT2D eigenvalue weighted by atomic mass is 79.9.